The second kappa shape index (κ2) is 10.0. The van der Waals surface area contributed by atoms with Crippen LogP contribution in [0.4, 0.5) is 4.39 Å². The van der Waals surface area contributed by atoms with E-state index in [1.807, 2.05) is 32.1 Å². The van der Waals surface area contributed by atoms with Crippen molar-refractivity contribution in [3.63, 3.8) is 0 Å². The Balaban J connectivity index is 2.36. The van der Waals surface area contributed by atoms with Gasteiger partial charge >= 0.3 is 0 Å². The number of allylic oxidation sites excluding steroid dienone is 1. The molecule has 3 nitrogen and oxygen atoms in total. The minimum Gasteiger partial charge on any atom is -0.357 e. The smallest absolute Gasteiger partial charge is 0.191 e. The van der Waals surface area contributed by atoms with Gasteiger partial charge in [0.1, 0.15) is 5.82 Å². The van der Waals surface area contributed by atoms with Gasteiger partial charge in [0.2, 0.25) is 0 Å². The predicted molar refractivity (Wildman–Crippen MR) is 83.5 cm³/mol. The minimum atomic E-state index is -0.194. The third kappa shape index (κ3) is 6.92. The highest BCUT2D eigenvalue weighted by Crippen LogP contribution is 2.02. The summed E-state index contributed by atoms with van der Waals surface area (Å²) >= 11 is 0. The summed E-state index contributed by atoms with van der Waals surface area (Å²) in [5.41, 5.74) is 1.11. The first-order valence-corrected chi connectivity index (χ1v) is 7.14. The molecule has 0 atom stereocenters. The second-order valence-corrected chi connectivity index (χ2v) is 4.42. The van der Waals surface area contributed by atoms with Crippen LogP contribution < -0.4 is 10.6 Å². The fourth-order valence-electron chi connectivity index (χ4n) is 1.74. The monoisotopic (exact) mass is 277 g/mol. The van der Waals surface area contributed by atoms with Crippen molar-refractivity contribution < 1.29 is 4.39 Å². The van der Waals surface area contributed by atoms with Crippen LogP contribution in [-0.2, 0) is 6.42 Å². The molecule has 1 rings (SSSR count). The molecule has 0 saturated heterocycles. The normalized spacial score (nSPS) is 11.8. The molecule has 0 bridgehead atoms. The summed E-state index contributed by atoms with van der Waals surface area (Å²) in [5.74, 6) is 0.639. The molecule has 0 unspecified atom stereocenters. The van der Waals surface area contributed by atoms with Gasteiger partial charge in [0.15, 0.2) is 5.96 Å². The zero-order valence-corrected chi connectivity index (χ0v) is 12.3. The van der Waals surface area contributed by atoms with Crippen LogP contribution in [0.1, 0.15) is 25.8 Å². The van der Waals surface area contributed by atoms with Gasteiger partial charge in [0.25, 0.3) is 0 Å². The van der Waals surface area contributed by atoms with Crippen LogP contribution in [0.5, 0.6) is 0 Å². The van der Waals surface area contributed by atoms with Crippen LogP contribution in [0.15, 0.2) is 41.4 Å². The first-order chi connectivity index (χ1) is 9.76. The molecule has 0 amide bonds. The Kier molecular flexibility index (Phi) is 8.11. The molecule has 0 aliphatic heterocycles. The summed E-state index contributed by atoms with van der Waals surface area (Å²) in [6.07, 6.45) is 5.93. The largest absolute Gasteiger partial charge is 0.357 e. The van der Waals surface area contributed by atoms with Crippen molar-refractivity contribution in [3.05, 3.63) is 47.8 Å². The summed E-state index contributed by atoms with van der Waals surface area (Å²) in [4.78, 5) is 4.48. The van der Waals surface area contributed by atoms with E-state index in [0.29, 0.717) is 0 Å². The van der Waals surface area contributed by atoms with E-state index in [-0.39, 0.29) is 5.82 Å². The Morgan fingerprint density at radius 3 is 2.65 bits per heavy atom. The number of nitrogens with zero attached hydrogens (tertiary/aromatic N) is 1. The van der Waals surface area contributed by atoms with E-state index in [9.17, 15) is 4.39 Å². The maximum atomic E-state index is 12.8. The molecule has 0 heterocycles. The van der Waals surface area contributed by atoms with E-state index in [1.165, 1.54) is 12.1 Å². The first kappa shape index (κ1) is 16.2. The number of halogens is 1. The van der Waals surface area contributed by atoms with Crippen LogP contribution in [0.25, 0.3) is 0 Å². The highest BCUT2D eigenvalue weighted by Gasteiger charge is 1.97. The van der Waals surface area contributed by atoms with E-state index < -0.39 is 0 Å². The Morgan fingerprint density at radius 2 is 2.00 bits per heavy atom. The summed E-state index contributed by atoms with van der Waals surface area (Å²) in [6, 6.07) is 6.61. The number of benzene rings is 1. The zero-order valence-electron chi connectivity index (χ0n) is 12.3. The molecule has 20 heavy (non-hydrogen) atoms. The molecule has 0 fully saturated rings. The number of aliphatic imine (C=N–C) groups is 1. The summed E-state index contributed by atoms with van der Waals surface area (Å²) in [6.45, 7) is 6.45. The highest BCUT2D eigenvalue weighted by atomic mass is 19.1. The topological polar surface area (TPSA) is 36.4 Å². The number of hydrogen-bond acceptors (Lipinski definition) is 1. The minimum absolute atomic E-state index is 0.194. The lowest BCUT2D eigenvalue weighted by Gasteiger charge is -2.11. The molecular weight excluding hydrogens is 253 g/mol. The van der Waals surface area contributed by atoms with E-state index in [2.05, 4.69) is 21.7 Å². The van der Waals surface area contributed by atoms with Crippen LogP contribution in [0.3, 0.4) is 0 Å². The van der Waals surface area contributed by atoms with Crippen molar-refractivity contribution in [2.45, 2.75) is 26.7 Å². The number of nitrogens with one attached hydrogen (secondary N) is 2. The molecule has 110 valence electrons. The predicted octanol–water partition coefficient (Wildman–Crippen LogP) is 2.89. The third-order valence-corrected chi connectivity index (χ3v) is 2.76. The lowest BCUT2D eigenvalue weighted by molar-refractivity contribution is 0.626. The zero-order chi connectivity index (χ0) is 14.6. The Hall–Kier alpha value is -1.84. The highest BCUT2D eigenvalue weighted by molar-refractivity contribution is 5.79. The van der Waals surface area contributed by atoms with E-state index >= 15 is 0 Å². The maximum Gasteiger partial charge on any atom is 0.191 e. The lowest BCUT2D eigenvalue weighted by atomic mass is 10.1. The average molecular weight is 277 g/mol. The molecule has 0 aromatic heterocycles. The third-order valence-electron chi connectivity index (χ3n) is 2.76. The Morgan fingerprint density at radius 1 is 1.25 bits per heavy atom. The molecule has 1 aromatic rings. The molecule has 0 aliphatic carbocycles. The van der Waals surface area contributed by atoms with E-state index in [1.54, 1.807) is 0 Å². The number of guanidine groups is 1. The van der Waals surface area contributed by atoms with E-state index in [0.717, 1.165) is 44.0 Å². The quantitative estimate of drug-likeness (QED) is 0.348. The van der Waals surface area contributed by atoms with Crippen LogP contribution in [0, 0.1) is 5.82 Å². The van der Waals surface area contributed by atoms with Crippen molar-refractivity contribution in [1.82, 2.24) is 10.6 Å². The summed E-state index contributed by atoms with van der Waals surface area (Å²) in [5, 5.41) is 6.49. The number of rotatable bonds is 7. The van der Waals surface area contributed by atoms with Crippen molar-refractivity contribution in [2.24, 2.45) is 4.99 Å². The van der Waals surface area contributed by atoms with Gasteiger partial charge in [-0.2, -0.15) is 0 Å². The number of hydrogen-bond donors (Lipinski definition) is 2. The summed E-state index contributed by atoms with van der Waals surface area (Å²) in [7, 11) is 0. The fourth-order valence-corrected chi connectivity index (χ4v) is 1.74. The van der Waals surface area contributed by atoms with Gasteiger partial charge < -0.3 is 10.6 Å². The van der Waals surface area contributed by atoms with Gasteiger partial charge in [-0.25, -0.2) is 4.39 Å². The van der Waals surface area contributed by atoms with Crippen molar-refractivity contribution in [1.29, 1.82) is 0 Å². The summed E-state index contributed by atoms with van der Waals surface area (Å²) < 4.78 is 12.8. The molecule has 2 N–H and O–H groups in total. The van der Waals surface area contributed by atoms with Crippen molar-refractivity contribution in [3.8, 4) is 0 Å². The standard InChI is InChI=1S/C16H24FN3/c1-3-5-6-12-19-16(18-4-2)20-13-11-14-7-9-15(17)10-8-14/h3,5,7-10H,4,6,11-13H2,1-2H3,(H2,18,19,20)/b5-3+. The molecule has 4 heteroatoms. The SMILES string of the molecule is C/C=C/CCN=C(NCC)NCCc1ccc(F)cc1. The van der Waals surface area contributed by atoms with Gasteiger partial charge in [-0.05, 0) is 44.4 Å². The second-order valence-electron chi connectivity index (χ2n) is 4.42. The van der Waals surface area contributed by atoms with Crippen LogP contribution in [0.2, 0.25) is 0 Å². The molecule has 0 spiro atoms. The van der Waals surface area contributed by atoms with Gasteiger partial charge in [-0.1, -0.05) is 24.3 Å². The van der Waals surface area contributed by atoms with Crippen LogP contribution in [-0.4, -0.2) is 25.6 Å². The first-order valence-electron chi connectivity index (χ1n) is 7.14. The molecule has 1 aromatic carbocycles. The molecule has 0 aliphatic rings. The Labute approximate surface area is 121 Å². The molecule has 0 radical (unpaired) electrons. The van der Waals surface area contributed by atoms with Gasteiger partial charge in [0.05, 0.1) is 0 Å². The van der Waals surface area contributed by atoms with E-state index in [4.69, 9.17) is 0 Å². The average Bonchev–Trinajstić information content (AvgIpc) is 2.45. The van der Waals surface area contributed by atoms with Gasteiger partial charge in [-0.15, -0.1) is 0 Å². The van der Waals surface area contributed by atoms with Crippen molar-refractivity contribution >= 4 is 5.96 Å². The fraction of sp³-hybridized carbons (Fsp3) is 0.438. The molecular formula is C16H24FN3. The van der Waals surface area contributed by atoms with Crippen LogP contribution >= 0.6 is 0 Å². The molecule has 0 saturated carbocycles. The van der Waals surface area contributed by atoms with Gasteiger partial charge in [0, 0.05) is 19.6 Å². The Bertz CT molecular complexity index is 424. The maximum absolute atomic E-state index is 12.8. The van der Waals surface area contributed by atoms with Crippen molar-refractivity contribution in [2.75, 3.05) is 19.6 Å². The van der Waals surface area contributed by atoms with Gasteiger partial charge in [-0.3, -0.25) is 4.99 Å². The lowest BCUT2D eigenvalue weighted by Crippen LogP contribution is -2.38.